The minimum Gasteiger partial charge on any atom is -0.310 e. The molecule has 21 rings (SSSR count). The lowest BCUT2D eigenvalue weighted by Gasteiger charge is -2.25. The predicted molar refractivity (Wildman–Crippen MR) is 468 cm³/mol. The number of aromatic nitrogens is 2. The van der Waals surface area contributed by atoms with E-state index in [1.165, 1.54) is 142 Å². The standard InChI is InChI=1S/C56H38N2.C50H34N2/c1-4-17-39(18-5-1)40-31-33-41(34-32-40)55-48-26-10-12-28-50(48)56(51-29-13-11-27-49(51)55)42-19-16-24-45(37-42)58-53-30-15-14-25-47(53)52-38-46(35-36-54(52)58)57(43-20-6-2-7-21-43)44-22-8-3-9-23-44;1-4-17-35(18-5-1)49-42-26-10-12-28-44(42)50(45-29-13-11-27-43(45)49)36-19-16-24-39(33-36)52-47-30-15-14-25-41(47)46-34-40(31-32-48(46)52)51(37-20-6-2-7-21-37)38-22-8-3-9-23-38/h1-38H;1-34H. The molecular weight excluding hydrogens is 1330 g/mol. The molecule has 0 N–H and O–H groups in total. The zero-order valence-electron chi connectivity index (χ0n) is 60.4. The van der Waals surface area contributed by atoms with E-state index in [0.29, 0.717) is 0 Å². The molecule has 0 bridgehead atoms. The van der Waals surface area contributed by atoms with Gasteiger partial charge in [-0.2, -0.15) is 0 Å². The molecule has 4 nitrogen and oxygen atoms in total. The molecule has 2 heterocycles. The molecule has 0 aliphatic rings. The highest BCUT2D eigenvalue weighted by Crippen LogP contribution is 2.49. The van der Waals surface area contributed by atoms with Crippen molar-refractivity contribution in [2.45, 2.75) is 0 Å². The molecule has 4 heteroatoms. The Hall–Kier alpha value is -14.6. The van der Waals surface area contributed by atoms with Crippen molar-refractivity contribution in [1.82, 2.24) is 9.13 Å². The molecule has 110 heavy (non-hydrogen) atoms. The molecule has 21 aromatic rings. The number of anilines is 6. The van der Waals surface area contributed by atoms with E-state index in [-0.39, 0.29) is 0 Å². The largest absolute Gasteiger partial charge is 0.310 e. The third kappa shape index (κ3) is 11.5. The fourth-order valence-electron chi connectivity index (χ4n) is 17.1. The Morgan fingerprint density at radius 3 is 0.709 bits per heavy atom. The number of fused-ring (bicyclic) bond motifs is 10. The van der Waals surface area contributed by atoms with Gasteiger partial charge in [0.05, 0.1) is 22.1 Å². The number of para-hydroxylation sites is 6. The maximum Gasteiger partial charge on any atom is 0.0542 e. The lowest BCUT2D eigenvalue weighted by atomic mass is 9.85. The molecule has 0 fully saturated rings. The number of hydrogen-bond donors (Lipinski definition) is 0. The number of nitrogens with zero attached hydrogens (tertiary/aromatic N) is 4. The Morgan fingerprint density at radius 1 is 0.136 bits per heavy atom. The molecule has 0 saturated heterocycles. The van der Waals surface area contributed by atoms with Gasteiger partial charge in [-0.15, -0.1) is 0 Å². The van der Waals surface area contributed by atoms with Crippen LogP contribution in [0.4, 0.5) is 34.1 Å². The molecule has 0 aliphatic heterocycles. The Kier molecular flexibility index (Phi) is 16.6. The minimum absolute atomic E-state index is 1.12. The van der Waals surface area contributed by atoms with Gasteiger partial charge in [-0.1, -0.05) is 315 Å². The van der Waals surface area contributed by atoms with E-state index in [9.17, 15) is 0 Å². The van der Waals surface area contributed by atoms with Gasteiger partial charge in [0.15, 0.2) is 0 Å². The average Bonchev–Trinajstić information content (AvgIpc) is 1.44. The van der Waals surface area contributed by atoms with Gasteiger partial charge in [0, 0.05) is 67.0 Å². The summed E-state index contributed by atoms with van der Waals surface area (Å²) in [5.41, 5.74) is 26.1. The fraction of sp³-hybridized carbons (Fsp3) is 0. The van der Waals surface area contributed by atoms with Crippen molar-refractivity contribution in [1.29, 1.82) is 0 Å². The van der Waals surface area contributed by atoms with E-state index in [2.05, 4.69) is 456 Å². The highest BCUT2D eigenvalue weighted by Gasteiger charge is 2.24. The monoisotopic (exact) mass is 1400 g/mol. The van der Waals surface area contributed by atoms with E-state index in [0.717, 1.165) is 45.5 Å². The topological polar surface area (TPSA) is 16.3 Å². The van der Waals surface area contributed by atoms with E-state index >= 15 is 0 Å². The zero-order valence-corrected chi connectivity index (χ0v) is 60.4. The maximum atomic E-state index is 2.43. The van der Waals surface area contributed by atoms with E-state index in [1.54, 1.807) is 0 Å². The van der Waals surface area contributed by atoms with E-state index in [1.807, 2.05) is 0 Å². The van der Waals surface area contributed by atoms with Gasteiger partial charge in [-0.25, -0.2) is 0 Å². The van der Waals surface area contributed by atoms with Crippen LogP contribution in [0, 0.1) is 0 Å². The third-order valence-electron chi connectivity index (χ3n) is 21.9. The van der Waals surface area contributed by atoms with Crippen LogP contribution in [0.1, 0.15) is 0 Å². The van der Waals surface area contributed by atoms with Gasteiger partial charge in [0.1, 0.15) is 0 Å². The Labute approximate surface area is 639 Å². The summed E-state index contributed by atoms with van der Waals surface area (Å²) in [4.78, 5) is 4.67. The summed E-state index contributed by atoms with van der Waals surface area (Å²) in [5, 5.41) is 14.9. The molecular formula is C106H72N4. The van der Waals surface area contributed by atoms with Gasteiger partial charge in [0.25, 0.3) is 0 Å². The summed E-state index contributed by atoms with van der Waals surface area (Å²) < 4.78 is 4.86. The number of benzene rings is 19. The summed E-state index contributed by atoms with van der Waals surface area (Å²) >= 11 is 0. The van der Waals surface area contributed by atoms with E-state index in [4.69, 9.17) is 0 Å². The molecule has 0 atom stereocenters. The van der Waals surface area contributed by atoms with Crippen LogP contribution in [-0.2, 0) is 0 Å². The second-order valence-electron chi connectivity index (χ2n) is 28.2. The summed E-state index contributed by atoms with van der Waals surface area (Å²) in [7, 11) is 0. The van der Waals surface area contributed by atoms with Crippen LogP contribution in [0.15, 0.2) is 437 Å². The first-order valence-electron chi connectivity index (χ1n) is 37.8. The van der Waals surface area contributed by atoms with Crippen LogP contribution in [0.5, 0.6) is 0 Å². The summed E-state index contributed by atoms with van der Waals surface area (Å²) in [6.45, 7) is 0. The SMILES string of the molecule is c1ccc(-c2c3ccccc3c(-c3cccc(-n4c5ccccc5c5cc(N(c6ccccc6)c6ccccc6)ccc54)c3)c3ccccc23)cc1.c1ccc(-c2ccc(-c3c4ccccc4c(-c4cccc(-n5c6ccccc6c6cc(N(c7ccccc7)c7ccccc7)ccc65)c4)c4ccccc34)cc2)cc1. The molecule has 0 spiro atoms. The summed E-state index contributed by atoms with van der Waals surface area (Å²) in [6, 6.07) is 158. The van der Waals surface area contributed by atoms with Crippen molar-refractivity contribution in [2.24, 2.45) is 0 Å². The molecule has 0 aliphatic carbocycles. The van der Waals surface area contributed by atoms with Gasteiger partial charge in [0.2, 0.25) is 0 Å². The molecule has 0 unspecified atom stereocenters. The zero-order chi connectivity index (χ0) is 72.9. The fourth-order valence-corrected chi connectivity index (χ4v) is 17.1. The highest BCUT2D eigenvalue weighted by molar-refractivity contribution is 6.23. The van der Waals surface area contributed by atoms with Crippen LogP contribution in [0.2, 0.25) is 0 Å². The third-order valence-corrected chi connectivity index (χ3v) is 21.9. The molecule has 516 valence electrons. The summed E-state index contributed by atoms with van der Waals surface area (Å²) in [5.74, 6) is 0. The normalized spacial score (nSPS) is 11.5. The second-order valence-corrected chi connectivity index (χ2v) is 28.2. The van der Waals surface area contributed by atoms with Gasteiger partial charge in [-0.05, 0) is 220 Å². The molecule has 19 aromatic carbocycles. The van der Waals surface area contributed by atoms with Crippen LogP contribution < -0.4 is 9.80 Å². The van der Waals surface area contributed by atoms with Gasteiger partial charge >= 0.3 is 0 Å². The Balaban J connectivity index is 0.000000145. The molecule has 0 radical (unpaired) electrons. The maximum absolute atomic E-state index is 2.43. The van der Waals surface area contributed by atoms with Gasteiger partial charge in [-0.3, -0.25) is 0 Å². The highest BCUT2D eigenvalue weighted by atomic mass is 15.1. The first-order valence-corrected chi connectivity index (χ1v) is 37.8. The van der Waals surface area contributed by atoms with Crippen molar-refractivity contribution < 1.29 is 0 Å². The molecule has 0 saturated carbocycles. The first kappa shape index (κ1) is 65.0. The van der Waals surface area contributed by atoms with Crippen LogP contribution in [0.25, 0.3) is 154 Å². The lowest BCUT2D eigenvalue weighted by molar-refractivity contribution is 1.18. The summed E-state index contributed by atoms with van der Waals surface area (Å²) in [6.07, 6.45) is 0. The van der Waals surface area contributed by atoms with Crippen molar-refractivity contribution in [2.75, 3.05) is 9.80 Å². The quantitative estimate of drug-likeness (QED) is 0.107. The first-order chi connectivity index (χ1) is 54.6. The second kappa shape index (κ2) is 28.0. The van der Waals surface area contributed by atoms with Crippen LogP contribution in [-0.4, -0.2) is 9.13 Å². The molecule has 0 amide bonds. The average molecular weight is 1400 g/mol. The van der Waals surface area contributed by atoms with Gasteiger partial charge < -0.3 is 18.9 Å². The van der Waals surface area contributed by atoms with Crippen molar-refractivity contribution >= 4 is 121 Å². The smallest absolute Gasteiger partial charge is 0.0542 e. The lowest BCUT2D eigenvalue weighted by Crippen LogP contribution is -2.09. The predicted octanol–water partition coefficient (Wildman–Crippen LogP) is 29.5. The Bertz CT molecular complexity index is 6800. The van der Waals surface area contributed by atoms with Crippen LogP contribution in [0.3, 0.4) is 0 Å². The Morgan fingerprint density at radius 2 is 0.373 bits per heavy atom. The number of hydrogen-bond acceptors (Lipinski definition) is 2. The number of rotatable bonds is 13. The van der Waals surface area contributed by atoms with Crippen LogP contribution >= 0.6 is 0 Å². The van der Waals surface area contributed by atoms with E-state index < -0.39 is 0 Å². The minimum atomic E-state index is 1.12. The van der Waals surface area contributed by atoms with Crippen molar-refractivity contribution in [3.05, 3.63) is 437 Å². The van der Waals surface area contributed by atoms with Crippen molar-refractivity contribution in [3.8, 4) is 67.0 Å². The van der Waals surface area contributed by atoms with Crippen molar-refractivity contribution in [3.63, 3.8) is 0 Å². The molecule has 2 aromatic heterocycles.